The molecule has 7 atom stereocenters. The molecule has 0 saturated carbocycles. The van der Waals surface area contributed by atoms with E-state index in [9.17, 15) is 24.6 Å². The summed E-state index contributed by atoms with van der Waals surface area (Å²) in [7, 11) is 4.40. The van der Waals surface area contributed by atoms with Gasteiger partial charge in [-0.25, -0.2) is 4.79 Å². The summed E-state index contributed by atoms with van der Waals surface area (Å²) in [6, 6.07) is 3.40. The van der Waals surface area contributed by atoms with Crippen molar-refractivity contribution < 1.29 is 48.3 Å². The molecular formula is C32H44N2O10. The molecule has 2 saturated heterocycles. The highest BCUT2D eigenvalue weighted by atomic mass is 16.7. The van der Waals surface area contributed by atoms with E-state index in [0.29, 0.717) is 6.42 Å². The summed E-state index contributed by atoms with van der Waals surface area (Å²) >= 11 is 0. The molecule has 242 valence electrons. The molecule has 12 heteroatoms. The minimum atomic E-state index is -1.78. The Balaban J connectivity index is 1.80. The molecule has 0 spiro atoms. The van der Waals surface area contributed by atoms with Crippen LogP contribution in [-0.4, -0.2) is 85.2 Å². The first-order valence-corrected chi connectivity index (χ1v) is 14.8. The Morgan fingerprint density at radius 1 is 1.23 bits per heavy atom. The zero-order valence-corrected chi connectivity index (χ0v) is 26.6. The number of carbonyl (C=O) groups excluding carboxylic acids is 3. The summed E-state index contributed by atoms with van der Waals surface area (Å²) in [4.78, 5) is 40.5. The van der Waals surface area contributed by atoms with E-state index >= 15 is 0 Å². The van der Waals surface area contributed by atoms with Gasteiger partial charge in [-0.1, -0.05) is 44.6 Å². The third-order valence-corrected chi connectivity index (χ3v) is 8.72. The zero-order chi connectivity index (χ0) is 32.6. The molecule has 2 fully saturated rings. The van der Waals surface area contributed by atoms with Gasteiger partial charge in [0.1, 0.15) is 23.9 Å². The Morgan fingerprint density at radius 2 is 1.93 bits per heavy atom. The van der Waals surface area contributed by atoms with E-state index in [0.717, 1.165) is 11.1 Å². The maximum Gasteiger partial charge on any atom is 0.409 e. The fourth-order valence-corrected chi connectivity index (χ4v) is 5.91. The van der Waals surface area contributed by atoms with Gasteiger partial charge in [0.2, 0.25) is 5.91 Å². The Bertz CT molecular complexity index is 1340. The molecule has 3 heterocycles. The van der Waals surface area contributed by atoms with Crippen molar-refractivity contribution >= 4 is 23.7 Å². The molecule has 0 aromatic heterocycles. The summed E-state index contributed by atoms with van der Waals surface area (Å²) in [5, 5.41) is 25.0. The number of phenolic OH excluding ortho intramolecular Hbond substituents is 1. The number of esters is 1. The fraction of sp³-hybridized carbons (Fsp3) is 0.594. The van der Waals surface area contributed by atoms with Gasteiger partial charge in [-0.05, 0) is 38.0 Å². The van der Waals surface area contributed by atoms with Gasteiger partial charge in [0.25, 0.3) is 0 Å². The average molecular weight is 617 g/mol. The highest BCUT2D eigenvalue weighted by molar-refractivity contribution is 5.95. The molecule has 3 aliphatic heterocycles. The molecule has 0 aliphatic carbocycles. The van der Waals surface area contributed by atoms with Crippen LogP contribution in [0.3, 0.4) is 0 Å². The number of fused-ring (bicyclic) bond motifs is 5. The molecule has 3 aliphatic rings. The number of aliphatic hydroxyl groups is 1. The molecule has 2 amide bonds. The van der Waals surface area contributed by atoms with Crippen molar-refractivity contribution in [1.29, 1.82) is 0 Å². The number of hydrogen-bond donors (Lipinski definition) is 3. The maximum atomic E-state index is 13.7. The molecule has 12 nitrogen and oxygen atoms in total. The van der Waals surface area contributed by atoms with Crippen molar-refractivity contribution in [1.82, 2.24) is 5.32 Å². The van der Waals surface area contributed by atoms with E-state index in [4.69, 9.17) is 23.7 Å². The average Bonchev–Trinajstić information content (AvgIpc) is 3.66. The number of phenols is 1. The number of amides is 2. The molecule has 4 bridgehead atoms. The number of anilines is 1. The number of benzene rings is 1. The van der Waals surface area contributed by atoms with E-state index in [-0.39, 0.29) is 30.0 Å². The first-order chi connectivity index (χ1) is 20.6. The fourth-order valence-electron chi connectivity index (χ4n) is 5.91. The van der Waals surface area contributed by atoms with Crippen LogP contribution in [0, 0.1) is 11.8 Å². The highest BCUT2D eigenvalue weighted by Crippen LogP contribution is 2.49. The third-order valence-electron chi connectivity index (χ3n) is 8.72. The molecule has 0 radical (unpaired) electrons. The second kappa shape index (κ2) is 12.8. The van der Waals surface area contributed by atoms with Crippen LogP contribution < -0.4 is 15.0 Å². The summed E-state index contributed by atoms with van der Waals surface area (Å²) in [5.74, 6) is -1.85. The van der Waals surface area contributed by atoms with Crippen LogP contribution in [0.4, 0.5) is 10.5 Å². The van der Waals surface area contributed by atoms with Crippen molar-refractivity contribution in [2.75, 3.05) is 26.2 Å². The van der Waals surface area contributed by atoms with E-state index in [1.807, 2.05) is 19.9 Å². The summed E-state index contributed by atoms with van der Waals surface area (Å²) in [6.07, 6.45) is 1.36. The molecule has 1 unspecified atom stereocenters. The third kappa shape index (κ3) is 6.72. The standard InChI is InChI=1S/C32H44N2O10/c1-17(2)29(37)43-25-15-26(35)34(6)21-13-20(14-22(40-7)27(21)36)12-18(3)10-9-11-24(41-8)32(39)16-23(42-30(38)33-32)19(4)28-31(25,5)44-28/h9-11,13-14,17,19,23-25,28,36,39H,12,15-16H2,1-8H3,(H,33,38)/b11-9+,18-10+/t19-,23+,24-,25?,28+,31+,32+/m1/s1. The lowest BCUT2D eigenvalue weighted by Crippen LogP contribution is -2.63. The van der Waals surface area contributed by atoms with Crippen molar-refractivity contribution in [3.63, 3.8) is 0 Å². The number of epoxide rings is 1. The second-order valence-electron chi connectivity index (χ2n) is 12.4. The number of methoxy groups -OCH3 is 2. The molecule has 4 rings (SSSR count). The van der Waals surface area contributed by atoms with Crippen LogP contribution in [0.1, 0.15) is 53.0 Å². The Hall–Kier alpha value is -3.61. The lowest BCUT2D eigenvalue weighted by Gasteiger charge is -2.42. The van der Waals surface area contributed by atoms with Gasteiger partial charge in [-0.3, -0.25) is 14.9 Å². The van der Waals surface area contributed by atoms with Gasteiger partial charge in [0.05, 0.1) is 31.2 Å². The normalized spacial score (nSPS) is 34.6. The number of carbonyl (C=O) groups is 3. The first-order valence-electron chi connectivity index (χ1n) is 14.8. The Labute approximate surface area is 257 Å². The van der Waals surface area contributed by atoms with Crippen molar-refractivity contribution in [3.05, 3.63) is 41.5 Å². The maximum absolute atomic E-state index is 13.7. The number of nitrogens with zero attached hydrogens (tertiary/aromatic N) is 1. The van der Waals surface area contributed by atoms with Gasteiger partial charge in [0.15, 0.2) is 17.2 Å². The molecule has 3 N–H and O–H groups in total. The second-order valence-corrected chi connectivity index (χ2v) is 12.4. The Morgan fingerprint density at radius 3 is 2.57 bits per heavy atom. The van der Waals surface area contributed by atoms with E-state index < -0.39 is 65.5 Å². The van der Waals surface area contributed by atoms with Crippen LogP contribution in [0.15, 0.2) is 35.9 Å². The number of ether oxygens (including phenoxy) is 5. The lowest BCUT2D eigenvalue weighted by atomic mass is 9.83. The highest BCUT2D eigenvalue weighted by Gasteiger charge is 2.64. The number of hydrogen-bond acceptors (Lipinski definition) is 10. The van der Waals surface area contributed by atoms with E-state index in [2.05, 4.69) is 5.32 Å². The number of allylic oxidation sites excluding steroid dienone is 3. The van der Waals surface area contributed by atoms with Gasteiger partial charge in [-0.15, -0.1) is 0 Å². The summed E-state index contributed by atoms with van der Waals surface area (Å²) in [6.45, 7) is 8.85. The summed E-state index contributed by atoms with van der Waals surface area (Å²) < 4.78 is 28.6. The van der Waals surface area contributed by atoms with Crippen molar-refractivity contribution in [3.8, 4) is 11.5 Å². The van der Waals surface area contributed by atoms with Crippen LogP contribution >= 0.6 is 0 Å². The van der Waals surface area contributed by atoms with E-state index in [1.54, 1.807) is 45.1 Å². The lowest BCUT2D eigenvalue weighted by molar-refractivity contribution is -0.157. The van der Waals surface area contributed by atoms with Crippen molar-refractivity contribution in [2.45, 2.75) is 89.6 Å². The molecule has 1 aromatic carbocycles. The number of aromatic hydroxyl groups is 1. The van der Waals surface area contributed by atoms with E-state index in [1.165, 1.54) is 26.2 Å². The molecule has 1 aromatic rings. The predicted octanol–water partition coefficient (Wildman–Crippen LogP) is 3.38. The number of rotatable bonds is 4. The SMILES string of the molecule is COc1cc2cc(c1O)N(C)C(=O)CC(OC(=O)C(C)C)[C@]1(C)O[C@H]1[C@H](C)[C@@H]1C[C@@](O)(NC(=O)O1)[C@H](OC)/C=C/C=C(\C)C2. The minimum Gasteiger partial charge on any atom is -0.503 e. The zero-order valence-electron chi connectivity index (χ0n) is 26.6. The van der Waals surface area contributed by atoms with Gasteiger partial charge in [0, 0.05) is 26.5 Å². The van der Waals surface area contributed by atoms with Gasteiger partial charge < -0.3 is 38.8 Å². The van der Waals surface area contributed by atoms with Gasteiger partial charge in [-0.2, -0.15) is 0 Å². The first kappa shape index (κ1) is 33.3. The Kier molecular flexibility index (Phi) is 9.67. The van der Waals surface area contributed by atoms with Gasteiger partial charge >= 0.3 is 12.1 Å². The minimum absolute atomic E-state index is 0.00951. The topological polar surface area (TPSA) is 156 Å². The monoisotopic (exact) mass is 616 g/mol. The van der Waals surface area contributed by atoms with Crippen molar-refractivity contribution in [2.24, 2.45) is 11.8 Å². The largest absolute Gasteiger partial charge is 0.503 e. The molecular weight excluding hydrogens is 572 g/mol. The molecule has 44 heavy (non-hydrogen) atoms. The van der Waals surface area contributed by atoms with Crippen LogP contribution in [0.25, 0.3) is 0 Å². The quantitative estimate of drug-likeness (QED) is 0.339. The van der Waals surface area contributed by atoms with Crippen LogP contribution in [-0.2, 0) is 35.0 Å². The van der Waals surface area contributed by atoms with Crippen LogP contribution in [0.5, 0.6) is 11.5 Å². The number of alkyl carbamates (subject to hydrolysis) is 1. The predicted molar refractivity (Wildman–Crippen MR) is 160 cm³/mol. The number of nitrogens with one attached hydrogen (secondary N) is 1. The van der Waals surface area contributed by atoms with Crippen LogP contribution in [0.2, 0.25) is 0 Å². The summed E-state index contributed by atoms with van der Waals surface area (Å²) in [5.41, 5.74) is -0.953. The smallest absolute Gasteiger partial charge is 0.409 e.